The molecule has 0 aliphatic carbocycles. The van der Waals surface area contributed by atoms with Crippen LogP contribution in [-0.2, 0) is 5.88 Å². The lowest BCUT2D eigenvalue weighted by Crippen LogP contribution is -1.77. The third-order valence-corrected chi connectivity index (χ3v) is 3.70. The van der Waals surface area contributed by atoms with Crippen molar-refractivity contribution in [1.82, 2.24) is 0 Å². The zero-order valence-corrected chi connectivity index (χ0v) is 10.8. The van der Waals surface area contributed by atoms with E-state index in [1.54, 1.807) is 11.8 Å². The molecule has 0 amide bonds. The minimum atomic E-state index is 0.561. The first-order chi connectivity index (χ1) is 7.78. The van der Waals surface area contributed by atoms with Gasteiger partial charge in [0.2, 0.25) is 0 Å². The van der Waals surface area contributed by atoms with Gasteiger partial charge < -0.3 is 0 Å². The van der Waals surface area contributed by atoms with E-state index in [2.05, 4.69) is 12.1 Å². The molecule has 0 aliphatic heterocycles. The van der Waals surface area contributed by atoms with E-state index in [0.717, 1.165) is 10.6 Å². The van der Waals surface area contributed by atoms with Gasteiger partial charge in [-0.05, 0) is 42.0 Å². The normalized spacial score (nSPS) is 10.4. The standard InChI is InChI=1S/C13H10Cl2S/c14-9-10-1-5-12(6-2-10)16-13-7-3-11(15)4-8-13/h1-8H,9H2. The Kier molecular flexibility index (Phi) is 4.16. The second kappa shape index (κ2) is 5.62. The molecular weight excluding hydrogens is 259 g/mol. The highest BCUT2D eigenvalue weighted by atomic mass is 35.5. The maximum absolute atomic E-state index is 5.83. The van der Waals surface area contributed by atoms with E-state index in [0.29, 0.717) is 5.88 Å². The number of halogens is 2. The van der Waals surface area contributed by atoms with E-state index in [1.807, 2.05) is 36.4 Å². The van der Waals surface area contributed by atoms with Gasteiger partial charge in [0.25, 0.3) is 0 Å². The average Bonchev–Trinajstić information content (AvgIpc) is 2.33. The fourth-order valence-electron chi connectivity index (χ4n) is 1.29. The van der Waals surface area contributed by atoms with Gasteiger partial charge in [0.05, 0.1) is 0 Å². The molecule has 16 heavy (non-hydrogen) atoms. The van der Waals surface area contributed by atoms with Crippen molar-refractivity contribution in [2.75, 3.05) is 0 Å². The molecule has 0 atom stereocenters. The lowest BCUT2D eigenvalue weighted by molar-refractivity contribution is 1.33. The van der Waals surface area contributed by atoms with Gasteiger partial charge >= 0.3 is 0 Å². The van der Waals surface area contributed by atoms with Crippen LogP contribution in [-0.4, -0.2) is 0 Å². The summed E-state index contributed by atoms with van der Waals surface area (Å²) in [6, 6.07) is 16.1. The van der Waals surface area contributed by atoms with E-state index in [-0.39, 0.29) is 0 Å². The van der Waals surface area contributed by atoms with Gasteiger partial charge in [-0.1, -0.05) is 35.5 Å². The maximum atomic E-state index is 5.83. The Bertz CT molecular complexity index is 448. The summed E-state index contributed by atoms with van der Waals surface area (Å²) in [5, 5.41) is 0.766. The highest BCUT2D eigenvalue weighted by molar-refractivity contribution is 7.99. The topological polar surface area (TPSA) is 0 Å². The third kappa shape index (κ3) is 3.18. The zero-order valence-electron chi connectivity index (χ0n) is 8.49. The Morgan fingerprint density at radius 2 is 1.31 bits per heavy atom. The van der Waals surface area contributed by atoms with E-state index in [1.165, 1.54) is 9.79 Å². The second-order valence-corrected chi connectivity index (χ2v) is 5.18. The summed E-state index contributed by atoms with van der Waals surface area (Å²) < 4.78 is 0. The van der Waals surface area contributed by atoms with Crippen molar-refractivity contribution in [2.24, 2.45) is 0 Å². The summed E-state index contributed by atoms with van der Waals surface area (Å²) in [5.74, 6) is 0.561. The molecular formula is C13H10Cl2S. The van der Waals surface area contributed by atoms with Crippen LogP contribution < -0.4 is 0 Å². The molecule has 0 radical (unpaired) electrons. The number of hydrogen-bond donors (Lipinski definition) is 0. The first-order valence-electron chi connectivity index (χ1n) is 4.86. The first-order valence-corrected chi connectivity index (χ1v) is 6.59. The quantitative estimate of drug-likeness (QED) is 0.687. The second-order valence-electron chi connectivity index (χ2n) is 3.33. The molecule has 2 aromatic rings. The Labute approximate surface area is 110 Å². The van der Waals surface area contributed by atoms with Crippen LogP contribution in [0.1, 0.15) is 5.56 Å². The van der Waals surface area contributed by atoms with Crippen LogP contribution in [0, 0.1) is 0 Å². The Morgan fingerprint density at radius 3 is 1.81 bits per heavy atom. The maximum Gasteiger partial charge on any atom is 0.0474 e. The summed E-state index contributed by atoms with van der Waals surface area (Å²) in [4.78, 5) is 2.39. The third-order valence-electron chi connectivity index (χ3n) is 2.13. The fourth-order valence-corrected chi connectivity index (χ4v) is 2.41. The molecule has 82 valence electrons. The van der Waals surface area contributed by atoms with Gasteiger partial charge in [-0.2, -0.15) is 0 Å². The fraction of sp³-hybridized carbons (Fsp3) is 0.0769. The monoisotopic (exact) mass is 268 g/mol. The predicted octanol–water partition coefficient (Wildman–Crippen LogP) is 5.23. The molecule has 3 heteroatoms. The number of benzene rings is 2. The molecule has 0 N–H and O–H groups in total. The summed E-state index contributed by atoms with van der Waals surface area (Å²) >= 11 is 13.3. The molecule has 0 nitrogen and oxygen atoms in total. The van der Waals surface area contributed by atoms with Crippen molar-refractivity contribution in [2.45, 2.75) is 15.7 Å². The molecule has 0 spiro atoms. The molecule has 0 fully saturated rings. The largest absolute Gasteiger partial charge is 0.122 e. The van der Waals surface area contributed by atoms with Crippen LogP contribution in [0.25, 0.3) is 0 Å². The molecule has 2 rings (SSSR count). The molecule has 2 aromatic carbocycles. The minimum Gasteiger partial charge on any atom is -0.122 e. The number of alkyl halides is 1. The smallest absolute Gasteiger partial charge is 0.0474 e. The summed E-state index contributed by atoms with van der Waals surface area (Å²) in [6.45, 7) is 0. The lowest BCUT2D eigenvalue weighted by Gasteiger charge is -2.02. The van der Waals surface area contributed by atoms with Gasteiger partial charge in [0.1, 0.15) is 0 Å². The van der Waals surface area contributed by atoms with Crippen LogP contribution in [0.2, 0.25) is 5.02 Å². The molecule has 0 bridgehead atoms. The number of hydrogen-bond acceptors (Lipinski definition) is 1. The zero-order chi connectivity index (χ0) is 11.4. The molecule has 0 saturated carbocycles. The van der Waals surface area contributed by atoms with Crippen LogP contribution in [0.15, 0.2) is 58.3 Å². The van der Waals surface area contributed by atoms with Crippen molar-refractivity contribution in [1.29, 1.82) is 0 Å². The average molecular weight is 269 g/mol. The highest BCUT2D eigenvalue weighted by Crippen LogP contribution is 2.28. The lowest BCUT2D eigenvalue weighted by atomic mass is 10.2. The van der Waals surface area contributed by atoms with Gasteiger partial charge in [-0.25, -0.2) is 0 Å². The SMILES string of the molecule is ClCc1ccc(Sc2ccc(Cl)cc2)cc1. The van der Waals surface area contributed by atoms with Crippen LogP contribution in [0.5, 0.6) is 0 Å². The van der Waals surface area contributed by atoms with Crippen molar-refractivity contribution in [3.8, 4) is 0 Å². The molecule has 0 aliphatic rings. The summed E-state index contributed by atoms with van der Waals surface area (Å²) in [7, 11) is 0. The van der Waals surface area contributed by atoms with Crippen LogP contribution >= 0.6 is 35.0 Å². The van der Waals surface area contributed by atoms with E-state index in [9.17, 15) is 0 Å². The first kappa shape index (κ1) is 11.8. The highest BCUT2D eigenvalue weighted by Gasteiger charge is 1.97. The summed E-state index contributed by atoms with van der Waals surface area (Å²) in [5.41, 5.74) is 1.14. The van der Waals surface area contributed by atoms with E-state index >= 15 is 0 Å². The molecule has 0 heterocycles. The summed E-state index contributed by atoms with van der Waals surface area (Å²) in [6.07, 6.45) is 0. The van der Waals surface area contributed by atoms with Gasteiger partial charge in [-0.15, -0.1) is 11.6 Å². The Morgan fingerprint density at radius 1 is 0.812 bits per heavy atom. The van der Waals surface area contributed by atoms with Gasteiger partial charge in [0.15, 0.2) is 0 Å². The van der Waals surface area contributed by atoms with E-state index in [4.69, 9.17) is 23.2 Å². The predicted molar refractivity (Wildman–Crippen MR) is 71.6 cm³/mol. The van der Waals surface area contributed by atoms with Crippen molar-refractivity contribution < 1.29 is 0 Å². The molecule has 0 saturated heterocycles. The Balaban J connectivity index is 2.11. The molecule has 0 unspecified atom stereocenters. The van der Waals surface area contributed by atoms with Crippen LogP contribution in [0.3, 0.4) is 0 Å². The van der Waals surface area contributed by atoms with Crippen molar-refractivity contribution in [3.05, 3.63) is 59.1 Å². The van der Waals surface area contributed by atoms with Gasteiger partial charge in [0, 0.05) is 20.7 Å². The van der Waals surface area contributed by atoms with Crippen molar-refractivity contribution in [3.63, 3.8) is 0 Å². The van der Waals surface area contributed by atoms with Crippen LogP contribution in [0.4, 0.5) is 0 Å². The van der Waals surface area contributed by atoms with E-state index < -0.39 is 0 Å². The van der Waals surface area contributed by atoms with Gasteiger partial charge in [-0.3, -0.25) is 0 Å². The number of rotatable bonds is 3. The van der Waals surface area contributed by atoms with Crippen molar-refractivity contribution >= 4 is 35.0 Å². The molecule has 0 aromatic heterocycles. The Hall–Kier alpha value is -0.630. The minimum absolute atomic E-state index is 0.561.